The standard InChI is InChI=1S/C14H23NO/c1-6-13(15-14(2,3)4)11-8-7-9-12(10-11)16-5/h7-10,13,15H,6H2,1-5H3/t13-/m0/s1. The van der Waals surface area contributed by atoms with Crippen LogP contribution in [-0.4, -0.2) is 12.6 Å². The maximum atomic E-state index is 5.25. The van der Waals surface area contributed by atoms with Gasteiger partial charge in [-0.3, -0.25) is 0 Å². The van der Waals surface area contributed by atoms with E-state index in [0.29, 0.717) is 6.04 Å². The van der Waals surface area contributed by atoms with Gasteiger partial charge in [0.25, 0.3) is 0 Å². The number of methoxy groups -OCH3 is 1. The molecule has 1 rings (SSSR count). The summed E-state index contributed by atoms with van der Waals surface area (Å²) < 4.78 is 5.25. The fourth-order valence-corrected chi connectivity index (χ4v) is 1.80. The molecule has 0 aliphatic heterocycles. The maximum absolute atomic E-state index is 5.25. The summed E-state index contributed by atoms with van der Waals surface area (Å²) in [6.45, 7) is 8.77. The average Bonchev–Trinajstić information content (AvgIpc) is 2.25. The fourth-order valence-electron chi connectivity index (χ4n) is 1.80. The van der Waals surface area contributed by atoms with Crippen LogP contribution in [0.4, 0.5) is 0 Å². The molecule has 1 aromatic rings. The Balaban J connectivity index is 2.86. The van der Waals surface area contributed by atoms with Crippen LogP contribution in [0.25, 0.3) is 0 Å². The molecule has 0 amide bonds. The summed E-state index contributed by atoms with van der Waals surface area (Å²) in [6, 6.07) is 8.66. The van der Waals surface area contributed by atoms with Crippen molar-refractivity contribution in [2.24, 2.45) is 0 Å². The van der Waals surface area contributed by atoms with Crippen molar-refractivity contribution in [1.29, 1.82) is 0 Å². The number of ether oxygens (including phenoxy) is 1. The monoisotopic (exact) mass is 221 g/mol. The third-order valence-corrected chi connectivity index (χ3v) is 2.51. The quantitative estimate of drug-likeness (QED) is 0.839. The highest BCUT2D eigenvalue weighted by Crippen LogP contribution is 2.23. The first-order valence-electron chi connectivity index (χ1n) is 5.88. The predicted octanol–water partition coefficient (Wildman–Crippen LogP) is 3.53. The summed E-state index contributed by atoms with van der Waals surface area (Å²) >= 11 is 0. The smallest absolute Gasteiger partial charge is 0.119 e. The Labute approximate surface area is 99.0 Å². The topological polar surface area (TPSA) is 21.3 Å². The molecule has 0 bridgehead atoms. The van der Waals surface area contributed by atoms with Crippen LogP contribution in [0.5, 0.6) is 5.75 Å². The van der Waals surface area contributed by atoms with Crippen molar-refractivity contribution < 1.29 is 4.74 Å². The lowest BCUT2D eigenvalue weighted by atomic mass is 9.99. The first-order valence-corrected chi connectivity index (χ1v) is 5.88. The fraction of sp³-hybridized carbons (Fsp3) is 0.571. The molecule has 0 aliphatic rings. The molecule has 0 saturated carbocycles. The largest absolute Gasteiger partial charge is 0.497 e. The molecule has 1 atom stereocenters. The molecule has 0 aromatic heterocycles. The number of hydrogen-bond acceptors (Lipinski definition) is 2. The Morgan fingerprint density at radius 2 is 2.00 bits per heavy atom. The predicted molar refractivity (Wildman–Crippen MR) is 68.9 cm³/mol. The van der Waals surface area contributed by atoms with E-state index < -0.39 is 0 Å². The van der Waals surface area contributed by atoms with Crippen LogP contribution in [0.1, 0.15) is 45.7 Å². The van der Waals surface area contributed by atoms with Gasteiger partial charge in [-0.25, -0.2) is 0 Å². The molecule has 1 N–H and O–H groups in total. The minimum Gasteiger partial charge on any atom is -0.497 e. The van der Waals surface area contributed by atoms with Gasteiger partial charge in [-0.05, 0) is 44.9 Å². The van der Waals surface area contributed by atoms with Crippen LogP contribution in [0.2, 0.25) is 0 Å². The van der Waals surface area contributed by atoms with Crippen molar-refractivity contribution in [1.82, 2.24) is 5.32 Å². The van der Waals surface area contributed by atoms with Gasteiger partial charge in [0.15, 0.2) is 0 Å². The van der Waals surface area contributed by atoms with E-state index in [2.05, 4.69) is 45.1 Å². The molecule has 90 valence electrons. The highest BCUT2D eigenvalue weighted by molar-refractivity contribution is 5.30. The second-order valence-electron chi connectivity index (χ2n) is 5.13. The molecule has 0 heterocycles. The Bertz CT molecular complexity index is 328. The average molecular weight is 221 g/mol. The van der Waals surface area contributed by atoms with Gasteiger partial charge in [-0.1, -0.05) is 19.1 Å². The Kier molecular flexibility index (Phi) is 4.36. The van der Waals surface area contributed by atoms with Crippen LogP contribution in [-0.2, 0) is 0 Å². The van der Waals surface area contributed by atoms with Crippen LogP contribution in [0.3, 0.4) is 0 Å². The molecule has 0 saturated heterocycles. The van der Waals surface area contributed by atoms with Crippen molar-refractivity contribution in [2.75, 3.05) is 7.11 Å². The molecule has 0 aliphatic carbocycles. The summed E-state index contributed by atoms with van der Waals surface area (Å²) in [5.74, 6) is 0.923. The third kappa shape index (κ3) is 3.86. The van der Waals surface area contributed by atoms with E-state index in [1.165, 1.54) is 5.56 Å². The van der Waals surface area contributed by atoms with E-state index in [1.54, 1.807) is 7.11 Å². The molecule has 0 unspecified atom stereocenters. The van der Waals surface area contributed by atoms with Gasteiger partial charge in [0.2, 0.25) is 0 Å². The summed E-state index contributed by atoms with van der Waals surface area (Å²) in [4.78, 5) is 0. The van der Waals surface area contributed by atoms with Gasteiger partial charge < -0.3 is 10.1 Å². The molecular weight excluding hydrogens is 198 g/mol. The van der Waals surface area contributed by atoms with E-state index >= 15 is 0 Å². The minimum atomic E-state index is 0.129. The highest BCUT2D eigenvalue weighted by Gasteiger charge is 2.17. The lowest BCUT2D eigenvalue weighted by Gasteiger charge is -2.28. The highest BCUT2D eigenvalue weighted by atomic mass is 16.5. The molecule has 0 radical (unpaired) electrons. The van der Waals surface area contributed by atoms with Crippen molar-refractivity contribution in [3.8, 4) is 5.75 Å². The van der Waals surface area contributed by atoms with Crippen LogP contribution >= 0.6 is 0 Å². The molecule has 2 heteroatoms. The van der Waals surface area contributed by atoms with Crippen molar-refractivity contribution >= 4 is 0 Å². The molecular formula is C14H23NO. The van der Waals surface area contributed by atoms with Gasteiger partial charge in [0.05, 0.1) is 7.11 Å². The van der Waals surface area contributed by atoms with E-state index in [9.17, 15) is 0 Å². The summed E-state index contributed by atoms with van der Waals surface area (Å²) in [6.07, 6.45) is 1.07. The second-order valence-corrected chi connectivity index (χ2v) is 5.13. The third-order valence-electron chi connectivity index (χ3n) is 2.51. The Morgan fingerprint density at radius 3 is 2.50 bits per heavy atom. The molecule has 1 aromatic carbocycles. The first-order chi connectivity index (χ1) is 7.46. The summed E-state index contributed by atoms with van der Waals surface area (Å²) in [7, 11) is 1.71. The second kappa shape index (κ2) is 5.35. The van der Waals surface area contributed by atoms with Gasteiger partial charge in [-0.15, -0.1) is 0 Å². The SMILES string of the molecule is CC[C@H](NC(C)(C)C)c1cccc(OC)c1. The lowest BCUT2D eigenvalue weighted by molar-refractivity contribution is 0.355. The molecule has 0 spiro atoms. The number of hydrogen-bond donors (Lipinski definition) is 1. The number of rotatable bonds is 4. The van der Waals surface area contributed by atoms with Crippen molar-refractivity contribution in [3.05, 3.63) is 29.8 Å². The zero-order valence-electron chi connectivity index (χ0n) is 11.0. The lowest BCUT2D eigenvalue weighted by Crippen LogP contribution is -2.38. The summed E-state index contributed by atoms with van der Waals surface area (Å²) in [5, 5.41) is 3.62. The van der Waals surface area contributed by atoms with E-state index in [1.807, 2.05) is 12.1 Å². The summed E-state index contributed by atoms with van der Waals surface area (Å²) in [5.41, 5.74) is 1.42. The van der Waals surface area contributed by atoms with E-state index in [-0.39, 0.29) is 5.54 Å². The maximum Gasteiger partial charge on any atom is 0.119 e. The van der Waals surface area contributed by atoms with Gasteiger partial charge >= 0.3 is 0 Å². The number of benzene rings is 1. The van der Waals surface area contributed by atoms with Crippen LogP contribution in [0, 0.1) is 0 Å². The van der Waals surface area contributed by atoms with Crippen molar-refractivity contribution in [2.45, 2.75) is 45.7 Å². The van der Waals surface area contributed by atoms with Gasteiger partial charge in [-0.2, -0.15) is 0 Å². The molecule has 2 nitrogen and oxygen atoms in total. The van der Waals surface area contributed by atoms with E-state index in [4.69, 9.17) is 4.74 Å². The zero-order valence-corrected chi connectivity index (χ0v) is 11.0. The molecule has 0 fully saturated rings. The normalized spacial score (nSPS) is 13.6. The Hall–Kier alpha value is -1.02. The number of nitrogens with one attached hydrogen (secondary N) is 1. The van der Waals surface area contributed by atoms with Crippen LogP contribution < -0.4 is 10.1 Å². The molecule has 16 heavy (non-hydrogen) atoms. The van der Waals surface area contributed by atoms with E-state index in [0.717, 1.165) is 12.2 Å². The van der Waals surface area contributed by atoms with Gasteiger partial charge in [0, 0.05) is 11.6 Å². The van der Waals surface area contributed by atoms with Crippen LogP contribution in [0.15, 0.2) is 24.3 Å². The van der Waals surface area contributed by atoms with Crippen molar-refractivity contribution in [3.63, 3.8) is 0 Å². The minimum absolute atomic E-state index is 0.129. The first kappa shape index (κ1) is 13.0. The zero-order chi connectivity index (χ0) is 12.2. The Morgan fingerprint density at radius 1 is 1.31 bits per heavy atom. The van der Waals surface area contributed by atoms with Gasteiger partial charge in [0.1, 0.15) is 5.75 Å².